The van der Waals surface area contributed by atoms with Crippen molar-refractivity contribution >= 4 is 13.1 Å². The van der Waals surface area contributed by atoms with Gasteiger partial charge in [-0.2, -0.15) is 0 Å². The van der Waals surface area contributed by atoms with Crippen molar-refractivity contribution in [3.63, 3.8) is 0 Å². The van der Waals surface area contributed by atoms with Crippen molar-refractivity contribution in [2.75, 3.05) is 7.05 Å². The van der Waals surface area contributed by atoms with Crippen molar-refractivity contribution in [1.82, 2.24) is 5.32 Å². The summed E-state index contributed by atoms with van der Waals surface area (Å²) in [6, 6.07) is -0.532. The van der Waals surface area contributed by atoms with Crippen molar-refractivity contribution in [2.45, 2.75) is 31.6 Å². The van der Waals surface area contributed by atoms with Crippen LogP contribution in [0.3, 0.4) is 0 Å². The predicted molar refractivity (Wildman–Crippen MR) is 49.3 cm³/mol. The van der Waals surface area contributed by atoms with Crippen LogP contribution in [-0.4, -0.2) is 41.3 Å². The summed E-state index contributed by atoms with van der Waals surface area (Å²) < 4.78 is 0. The summed E-state index contributed by atoms with van der Waals surface area (Å²) in [7, 11) is 0.317. The lowest BCUT2D eigenvalue weighted by Crippen LogP contribution is -2.33. The highest BCUT2D eigenvalue weighted by molar-refractivity contribution is 6.40. The molecule has 0 radical (unpaired) electrons. The summed E-state index contributed by atoms with van der Waals surface area (Å²) in [5.74, 6) is -0.868. The number of hydrogen-bond acceptors (Lipinski definition) is 4. The van der Waals surface area contributed by atoms with Gasteiger partial charge in [-0.1, -0.05) is 12.8 Å². The Bertz CT molecular complexity index is 153. The van der Waals surface area contributed by atoms with E-state index in [1.54, 1.807) is 7.05 Å². The first-order valence-electron chi connectivity index (χ1n) is 4.34. The number of unbranched alkanes of at least 4 members (excludes halogenated alkanes) is 1. The SMILES string of the molecule is CNC(CCCCB(O)O)C(=O)O. The highest BCUT2D eigenvalue weighted by Crippen LogP contribution is 2.04. The molecule has 0 aromatic heterocycles. The number of aliphatic carboxylic acids is 1. The minimum absolute atomic E-state index is 0.302. The Morgan fingerprint density at radius 1 is 1.46 bits per heavy atom. The van der Waals surface area contributed by atoms with E-state index in [-0.39, 0.29) is 0 Å². The predicted octanol–water partition coefficient (Wildman–Crippen LogP) is -0.698. The average molecular weight is 189 g/mol. The summed E-state index contributed by atoms with van der Waals surface area (Å²) in [6.07, 6.45) is 2.12. The van der Waals surface area contributed by atoms with E-state index in [0.29, 0.717) is 25.6 Å². The molecule has 0 bridgehead atoms. The van der Waals surface area contributed by atoms with E-state index >= 15 is 0 Å². The summed E-state index contributed by atoms with van der Waals surface area (Å²) >= 11 is 0. The van der Waals surface area contributed by atoms with Gasteiger partial charge in [0.05, 0.1) is 0 Å². The third-order valence-corrected chi connectivity index (χ3v) is 1.85. The van der Waals surface area contributed by atoms with Crippen LogP contribution in [0.15, 0.2) is 0 Å². The van der Waals surface area contributed by atoms with Crippen LogP contribution in [-0.2, 0) is 4.79 Å². The van der Waals surface area contributed by atoms with Crippen LogP contribution in [0.25, 0.3) is 0 Å². The molecule has 0 saturated carbocycles. The standard InChI is InChI=1S/C7H16BNO4/c1-9-6(7(10)11)4-2-3-5-8(12)13/h6,9,12-13H,2-5H2,1H3,(H,10,11). The van der Waals surface area contributed by atoms with E-state index in [1.807, 2.05) is 0 Å². The molecule has 4 N–H and O–H groups in total. The molecule has 0 aliphatic carbocycles. The lowest BCUT2D eigenvalue weighted by atomic mass is 9.83. The zero-order valence-electron chi connectivity index (χ0n) is 7.73. The first-order valence-corrected chi connectivity index (χ1v) is 4.34. The molecule has 0 heterocycles. The number of carboxylic acid groups (broad SMARTS) is 1. The van der Waals surface area contributed by atoms with Gasteiger partial charge in [0.2, 0.25) is 0 Å². The molecule has 0 spiro atoms. The largest absolute Gasteiger partial charge is 0.480 e. The van der Waals surface area contributed by atoms with E-state index in [1.165, 1.54) is 0 Å². The van der Waals surface area contributed by atoms with Crippen LogP contribution in [0, 0.1) is 0 Å². The van der Waals surface area contributed by atoms with Crippen molar-refractivity contribution in [2.24, 2.45) is 0 Å². The molecule has 1 atom stereocenters. The van der Waals surface area contributed by atoms with Crippen LogP contribution in [0.2, 0.25) is 6.32 Å². The van der Waals surface area contributed by atoms with Gasteiger partial charge in [-0.15, -0.1) is 0 Å². The molecule has 76 valence electrons. The Labute approximate surface area is 77.9 Å². The molecule has 1 unspecified atom stereocenters. The fourth-order valence-electron chi connectivity index (χ4n) is 1.07. The van der Waals surface area contributed by atoms with E-state index in [4.69, 9.17) is 15.2 Å². The van der Waals surface area contributed by atoms with Gasteiger partial charge in [0, 0.05) is 0 Å². The van der Waals surface area contributed by atoms with Crippen LogP contribution in [0.5, 0.6) is 0 Å². The lowest BCUT2D eigenvalue weighted by molar-refractivity contribution is -0.139. The zero-order chi connectivity index (χ0) is 10.3. The van der Waals surface area contributed by atoms with Gasteiger partial charge in [0.15, 0.2) is 0 Å². The Morgan fingerprint density at radius 3 is 2.46 bits per heavy atom. The van der Waals surface area contributed by atoms with Crippen molar-refractivity contribution in [3.8, 4) is 0 Å². The second-order valence-electron chi connectivity index (χ2n) is 2.94. The first kappa shape index (κ1) is 12.4. The van der Waals surface area contributed by atoms with Gasteiger partial charge < -0.3 is 20.5 Å². The van der Waals surface area contributed by atoms with Crippen LogP contribution in [0.4, 0.5) is 0 Å². The minimum atomic E-state index is -1.28. The molecule has 13 heavy (non-hydrogen) atoms. The number of nitrogens with one attached hydrogen (secondary N) is 1. The van der Waals surface area contributed by atoms with Crippen LogP contribution in [0.1, 0.15) is 19.3 Å². The van der Waals surface area contributed by atoms with Gasteiger partial charge >= 0.3 is 13.1 Å². The molecule has 0 amide bonds. The van der Waals surface area contributed by atoms with Gasteiger partial charge in [0.25, 0.3) is 0 Å². The Morgan fingerprint density at radius 2 is 2.08 bits per heavy atom. The number of carboxylic acids is 1. The fraction of sp³-hybridized carbons (Fsp3) is 0.857. The second kappa shape index (κ2) is 6.88. The topological polar surface area (TPSA) is 89.8 Å². The summed E-state index contributed by atoms with van der Waals surface area (Å²) in [5.41, 5.74) is 0. The van der Waals surface area contributed by atoms with Gasteiger partial charge in [0.1, 0.15) is 6.04 Å². The minimum Gasteiger partial charge on any atom is -0.480 e. The third kappa shape index (κ3) is 6.56. The molecule has 6 heteroatoms. The molecule has 0 aromatic rings. The van der Waals surface area contributed by atoms with Crippen molar-refractivity contribution < 1.29 is 19.9 Å². The highest BCUT2D eigenvalue weighted by atomic mass is 16.4. The molecule has 5 nitrogen and oxygen atoms in total. The molecule has 0 saturated heterocycles. The number of carbonyl (C=O) groups is 1. The quantitative estimate of drug-likeness (QED) is 0.314. The first-order chi connectivity index (χ1) is 6.07. The normalized spacial score (nSPS) is 12.5. The van der Waals surface area contributed by atoms with Gasteiger partial charge in [-0.05, 0) is 19.8 Å². The maximum atomic E-state index is 10.5. The summed E-state index contributed by atoms with van der Waals surface area (Å²) in [4.78, 5) is 10.5. The monoisotopic (exact) mass is 189 g/mol. The molecular formula is C7H16BNO4. The van der Waals surface area contributed by atoms with Crippen molar-refractivity contribution in [3.05, 3.63) is 0 Å². The van der Waals surface area contributed by atoms with E-state index < -0.39 is 19.1 Å². The molecule has 0 fully saturated rings. The molecule has 0 rings (SSSR count). The fourth-order valence-corrected chi connectivity index (χ4v) is 1.07. The van der Waals surface area contributed by atoms with Gasteiger partial charge in [-0.25, -0.2) is 0 Å². The molecule has 0 aliphatic rings. The Hall–Kier alpha value is -0.585. The maximum absolute atomic E-state index is 10.5. The average Bonchev–Trinajstić information content (AvgIpc) is 2.03. The van der Waals surface area contributed by atoms with Crippen molar-refractivity contribution in [1.29, 1.82) is 0 Å². The van der Waals surface area contributed by atoms with E-state index in [9.17, 15) is 4.79 Å². The maximum Gasteiger partial charge on any atom is 0.451 e. The van der Waals surface area contributed by atoms with Gasteiger partial charge in [-0.3, -0.25) is 4.79 Å². The number of hydrogen-bond donors (Lipinski definition) is 4. The van der Waals surface area contributed by atoms with Crippen LogP contribution >= 0.6 is 0 Å². The summed E-state index contributed by atoms with van der Waals surface area (Å²) in [5, 5.41) is 28.3. The zero-order valence-corrected chi connectivity index (χ0v) is 7.73. The number of rotatable bonds is 7. The van der Waals surface area contributed by atoms with E-state index in [0.717, 1.165) is 0 Å². The Balaban J connectivity index is 3.44. The molecule has 0 aliphatic heterocycles. The summed E-state index contributed by atoms with van der Waals surface area (Å²) in [6.45, 7) is 0. The molecule has 0 aromatic carbocycles. The number of likely N-dealkylation sites (N-methyl/N-ethyl adjacent to an activating group) is 1. The third-order valence-electron chi connectivity index (χ3n) is 1.85. The lowest BCUT2D eigenvalue weighted by Gasteiger charge is -2.09. The molecular weight excluding hydrogens is 173 g/mol. The smallest absolute Gasteiger partial charge is 0.451 e. The second-order valence-corrected chi connectivity index (χ2v) is 2.94. The Kier molecular flexibility index (Phi) is 6.57. The van der Waals surface area contributed by atoms with E-state index in [2.05, 4.69) is 5.32 Å². The highest BCUT2D eigenvalue weighted by Gasteiger charge is 2.14. The van der Waals surface area contributed by atoms with Crippen LogP contribution < -0.4 is 5.32 Å².